The van der Waals surface area contributed by atoms with Crippen LogP contribution in [-0.4, -0.2) is 36.3 Å². The summed E-state index contributed by atoms with van der Waals surface area (Å²) in [6, 6.07) is 14.2. The van der Waals surface area contributed by atoms with E-state index in [0.29, 0.717) is 24.3 Å². The van der Waals surface area contributed by atoms with Gasteiger partial charge in [0.05, 0.1) is 6.54 Å². The first-order valence-electron chi connectivity index (χ1n) is 8.57. The maximum absolute atomic E-state index is 12.3. The van der Waals surface area contributed by atoms with Crippen LogP contribution >= 0.6 is 0 Å². The van der Waals surface area contributed by atoms with Crippen LogP contribution < -0.4 is 10.6 Å². The molecule has 0 heterocycles. The summed E-state index contributed by atoms with van der Waals surface area (Å²) in [6.45, 7) is 5.35. The zero-order valence-corrected chi connectivity index (χ0v) is 15.1. The van der Waals surface area contributed by atoms with Crippen molar-refractivity contribution in [2.24, 2.45) is 0 Å². The average molecular weight is 349 g/mol. The van der Waals surface area contributed by atoms with Crippen molar-refractivity contribution < 1.29 is 9.59 Å². The van der Waals surface area contributed by atoms with Gasteiger partial charge >= 0.3 is 0 Å². The van der Waals surface area contributed by atoms with E-state index in [1.165, 1.54) is 0 Å². The highest BCUT2D eigenvalue weighted by atomic mass is 16.2. The minimum atomic E-state index is -0.182. The van der Waals surface area contributed by atoms with E-state index in [1.807, 2.05) is 32.0 Å². The minimum Gasteiger partial charge on any atom is -0.376 e. The largest absolute Gasteiger partial charge is 0.376 e. The summed E-state index contributed by atoms with van der Waals surface area (Å²) >= 11 is 0. The number of terminal acetylenes is 1. The molecule has 0 spiro atoms. The number of benzene rings is 2. The number of carbonyl (C=O) groups is 2. The lowest BCUT2D eigenvalue weighted by molar-refractivity contribution is -0.114. The Bertz CT molecular complexity index is 803. The second-order valence-electron chi connectivity index (χ2n) is 5.68. The van der Waals surface area contributed by atoms with Crippen LogP contribution in [0.4, 0.5) is 11.4 Å². The molecule has 0 aromatic heterocycles. The van der Waals surface area contributed by atoms with Crippen molar-refractivity contribution in [3.8, 4) is 12.3 Å². The molecule has 2 aromatic carbocycles. The first-order valence-corrected chi connectivity index (χ1v) is 8.57. The van der Waals surface area contributed by atoms with Crippen molar-refractivity contribution in [2.45, 2.75) is 13.8 Å². The lowest BCUT2D eigenvalue weighted by atomic mass is 10.1. The molecule has 134 valence electrons. The number of nitrogens with zero attached hydrogens (tertiary/aromatic N) is 1. The third-order valence-corrected chi connectivity index (χ3v) is 3.95. The van der Waals surface area contributed by atoms with Crippen molar-refractivity contribution in [2.75, 3.05) is 30.3 Å². The van der Waals surface area contributed by atoms with Gasteiger partial charge in [-0.15, -0.1) is 6.42 Å². The van der Waals surface area contributed by atoms with E-state index in [-0.39, 0.29) is 18.4 Å². The number of hydrogen-bond acceptors (Lipinski definition) is 3. The summed E-state index contributed by atoms with van der Waals surface area (Å²) in [5.74, 6) is 2.36. The Balaban J connectivity index is 1.91. The molecule has 0 aliphatic rings. The fourth-order valence-corrected chi connectivity index (χ4v) is 2.50. The predicted octanol–water partition coefficient (Wildman–Crippen LogP) is 3.20. The third kappa shape index (κ3) is 5.12. The lowest BCUT2D eigenvalue weighted by Crippen LogP contribution is -2.30. The highest BCUT2D eigenvalue weighted by Gasteiger charge is 2.12. The molecule has 0 aliphatic carbocycles. The van der Waals surface area contributed by atoms with E-state index < -0.39 is 0 Å². The van der Waals surface area contributed by atoms with E-state index in [1.54, 1.807) is 35.2 Å². The summed E-state index contributed by atoms with van der Waals surface area (Å²) in [5, 5.41) is 5.83. The van der Waals surface area contributed by atoms with Crippen molar-refractivity contribution in [1.29, 1.82) is 0 Å². The molecule has 0 saturated carbocycles. The molecule has 0 aliphatic heterocycles. The molecule has 0 unspecified atom stereocenters. The first kappa shape index (κ1) is 19.1. The van der Waals surface area contributed by atoms with E-state index in [2.05, 4.69) is 16.6 Å². The maximum atomic E-state index is 12.3. The molecule has 0 bridgehead atoms. The highest BCUT2D eigenvalue weighted by Crippen LogP contribution is 2.12. The predicted molar refractivity (Wildman–Crippen MR) is 105 cm³/mol. The molecule has 2 aromatic rings. The van der Waals surface area contributed by atoms with Gasteiger partial charge in [0.1, 0.15) is 0 Å². The molecule has 5 nitrogen and oxygen atoms in total. The van der Waals surface area contributed by atoms with Crippen LogP contribution in [0.3, 0.4) is 0 Å². The third-order valence-electron chi connectivity index (χ3n) is 3.95. The topological polar surface area (TPSA) is 61.4 Å². The van der Waals surface area contributed by atoms with Gasteiger partial charge in [0, 0.05) is 35.6 Å². The Kier molecular flexibility index (Phi) is 6.81. The molecule has 2 amide bonds. The van der Waals surface area contributed by atoms with Gasteiger partial charge in [-0.1, -0.05) is 12.0 Å². The van der Waals surface area contributed by atoms with Crippen LogP contribution in [0.1, 0.15) is 29.8 Å². The Morgan fingerprint density at radius 1 is 1.04 bits per heavy atom. The van der Waals surface area contributed by atoms with Crippen molar-refractivity contribution >= 4 is 23.2 Å². The fraction of sp³-hybridized carbons (Fsp3) is 0.238. The molecule has 0 atom stereocenters. The average Bonchev–Trinajstić information content (AvgIpc) is 2.68. The SMILES string of the molecule is C#Cc1cccc(NCC(=O)Nc2ccc(C(=O)N(CC)CC)cc2)c1. The quantitative estimate of drug-likeness (QED) is 0.755. The van der Waals surface area contributed by atoms with Crippen LogP contribution in [0, 0.1) is 12.3 Å². The van der Waals surface area contributed by atoms with Crippen molar-refractivity contribution in [3.63, 3.8) is 0 Å². The van der Waals surface area contributed by atoms with E-state index >= 15 is 0 Å². The van der Waals surface area contributed by atoms with Crippen molar-refractivity contribution in [3.05, 3.63) is 59.7 Å². The first-order chi connectivity index (χ1) is 12.6. The minimum absolute atomic E-state index is 0.0112. The molecule has 2 N–H and O–H groups in total. The van der Waals surface area contributed by atoms with Crippen LogP contribution in [0.15, 0.2) is 48.5 Å². The van der Waals surface area contributed by atoms with Gasteiger partial charge < -0.3 is 15.5 Å². The van der Waals surface area contributed by atoms with Gasteiger partial charge in [-0.3, -0.25) is 9.59 Å². The van der Waals surface area contributed by atoms with Crippen LogP contribution in [0.2, 0.25) is 0 Å². The van der Waals surface area contributed by atoms with Gasteiger partial charge in [0.25, 0.3) is 5.91 Å². The molecule has 0 radical (unpaired) electrons. The summed E-state index contributed by atoms with van der Waals surface area (Å²) in [4.78, 5) is 26.1. The number of carbonyl (C=O) groups excluding carboxylic acids is 2. The number of nitrogens with one attached hydrogen (secondary N) is 2. The summed E-state index contributed by atoms with van der Waals surface area (Å²) in [7, 11) is 0. The van der Waals surface area contributed by atoms with Crippen LogP contribution in [0.25, 0.3) is 0 Å². The van der Waals surface area contributed by atoms with Gasteiger partial charge in [-0.05, 0) is 56.3 Å². The maximum Gasteiger partial charge on any atom is 0.253 e. The Morgan fingerprint density at radius 2 is 1.73 bits per heavy atom. The molecule has 26 heavy (non-hydrogen) atoms. The second-order valence-corrected chi connectivity index (χ2v) is 5.68. The van der Waals surface area contributed by atoms with E-state index in [0.717, 1.165) is 11.3 Å². The number of amides is 2. The zero-order valence-electron chi connectivity index (χ0n) is 15.1. The highest BCUT2D eigenvalue weighted by molar-refractivity contribution is 5.96. The van der Waals surface area contributed by atoms with Gasteiger partial charge in [-0.25, -0.2) is 0 Å². The van der Waals surface area contributed by atoms with Crippen LogP contribution in [0.5, 0.6) is 0 Å². The van der Waals surface area contributed by atoms with Gasteiger partial charge in [0.15, 0.2) is 0 Å². The Morgan fingerprint density at radius 3 is 2.35 bits per heavy atom. The Labute approximate surface area is 154 Å². The van der Waals surface area contributed by atoms with Gasteiger partial charge in [-0.2, -0.15) is 0 Å². The second kappa shape index (κ2) is 9.28. The summed E-state index contributed by atoms with van der Waals surface area (Å²) < 4.78 is 0. The van der Waals surface area contributed by atoms with E-state index in [9.17, 15) is 9.59 Å². The number of rotatable bonds is 7. The van der Waals surface area contributed by atoms with Crippen LogP contribution in [-0.2, 0) is 4.79 Å². The molecular formula is C21H23N3O2. The molecule has 0 fully saturated rings. The molecule has 5 heteroatoms. The lowest BCUT2D eigenvalue weighted by Gasteiger charge is -2.18. The fourth-order valence-electron chi connectivity index (χ4n) is 2.50. The normalized spacial score (nSPS) is 9.88. The smallest absolute Gasteiger partial charge is 0.253 e. The number of anilines is 2. The monoisotopic (exact) mass is 349 g/mol. The Hall–Kier alpha value is -3.26. The van der Waals surface area contributed by atoms with E-state index in [4.69, 9.17) is 6.42 Å². The zero-order chi connectivity index (χ0) is 18.9. The molecular weight excluding hydrogens is 326 g/mol. The van der Waals surface area contributed by atoms with Crippen molar-refractivity contribution in [1.82, 2.24) is 4.90 Å². The molecule has 2 rings (SSSR count). The standard InChI is InChI=1S/C21H23N3O2/c1-4-16-8-7-9-19(14-16)22-15-20(25)23-18-12-10-17(11-13-18)21(26)24(5-2)6-3/h1,7-14,22H,5-6,15H2,2-3H3,(H,23,25). The summed E-state index contributed by atoms with van der Waals surface area (Å²) in [5.41, 5.74) is 2.79. The van der Waals surface area contributed by atoms with Gasteiger partial charge in [0.2, 0.25) is 5.91 Å². The number of hydrogen-bond donors (Lipinski definition) is 2. The molecule has 0 saturated heterocycles. The summed E-state index contributed by atoms with van der Waals surface area (Å²) in [6.07, 6.45) is 5.36.